The van der Waals surface area contributed by atoms with Gasteiger partial charge in [0.15, 0.2) is 0 Å². The summed E-state index contributed by atoms with van der Waals surface area (Å²) in [7, 11) is 0. The van der Waals surface area contributed by atoms with E-state index in [1.54, 1.807) is 0 Å². The first-order valence-corrected chi connectivity index (χ1v) is 6.65. The van der Waals surface area contributed by atoms with Crippen LogP contribution < -0.4 is 0 Å². The van der Waals surface area contributed by atoms with Crippen molar-refractivity contribution in [1.82, 2.24) is 14.5 Å². The molecule has 84 valence electrons. The van der Waals surface area contributed by atoms with Crippen molar-refractivity contribution in [3.8, 4) is 0 Å². The predicted octanol–water partition coefficient (Wildman–Crippen LogP) is 2.43. The zero-order valence-electron chi connectivity index (χ0n) is 9.36. The van der Waals surface area contributed by atoms with Gasteiger partial charge in [0.05, 0.1) is 12.0 Å². The highest BCUT2D eigenvalue weighted by Gasteiger charge is 2.25. The second kappa shape index (κ2) is 4.66. The Balaban J connectivity index is 2.01. The molecule has 0 radical (unpaired) electrons. The minimum Gasteiger partial charge on any atom is -0.333 e. The maximum atomic E-state index is 4.35. The van der Waals surface area contributed by atoms with Gasteiger partial charge in [-0.25, -0.2) is 4.98 Å². The van der Waals surface area contributed by atoms with E-state index >= 15 is 0 Å². The molecule has 0 N–H and O–H groups in total. The second-order valence-corrected chi connectivity index (χ2v) is 5.04. The van der Waals surface area contributed by atoms with Gasteiger partial charge in [0.2, 0.25) is 0 Å². The van der Waals surface area contributed by atoms with E-state index < -0.39 is 0 Å². The van der Waals surface area contributed by atoms with Gasteiger partial charge in [0, 0.05) is 36.7 Å². The number of alkyl halides is 1. The standard InChI is InChI=1S/C11H18BrN3/c1-9(2)14-4-3-11(7-14)15-6-10(5-12)13-8-15/h6,8-9,11H,3-5,7H2,1-2H3. The SMILES string of the molecule is CC(C)N1CCC(n2cnc(CBr)c2)C1. The van der Waals surface area contributed by atoms with Gasteiger partial charge in [0.1, 0.15) is 0 Å². The average molecular weight is 272 g/mol. The van der Waals surface area contributed by atoms with Crippen molar-refractivity contribution in [3.63, 3.8) is 0 Å². The number of nitrogens with zero attached hydrogens (tertiary/aromatic N) is 3. The van der Waals surface area contributed by atoms with Gasteiger partial charge < -0.3 is 4.57 Å². The Morgan fingerprint density at radius 1 is 1.60 bits per heavy atom. The smallest absolute Gasteiger partial charge is 0.0952 e. The Morgan fingerprint density at radius 3 is 2.93 bits per heavy atom. The predicted molar refractivity (Wildman–Crippen MR) is 65.2 cm³/mol. The summed E-state index contributed by atoms with van der Waals surface area (Å²) in [6, 6.07) is 1.28. The molecule has 1 fully saturated rings. The number of rotatable bonds is 3. The van der Waals surface area contributed by atoms with E-state index in [-0.39, 0.29) is 0 Å². The lowest BCUT2D eigenvalue weighted by molar-refractivity contribution is 0.265. The summed E-state index contributed by atoms with van der Waals surface area (Å²) in [6.45, 7) is 6.90. The molecule has 2 rings (SSSR count). The summed E-state index contributed by atoms with van der Waals surface area (Å²) in [5.74, 6) is 0. The monoisotopic (exact) mass is 271 g/mol. The third-order valence-electron chi connectivity index (χ3n) is 3.14. The van der Waals surface area contributed by atoms with Crippen LogP contribution in [-0.4, -0.2) is 33.6 Å². The summed E-state index contributed by atoms with van der Waals surface area (Å²) in [4.78, 5) is 6.87. The molecule has 1 unspecified atom stereocenters. The van der Waals surface area contributed by atoms with Crippen LogP contribution in [0.1, 0.15) is 32.0 Å². The molecule has 1 aromatic rings. The fourth-order valence-electron chi connectivity index (χ4n) is 2.13. The molecule has 0 saturated carbocycles. The van der Waals surface area contributed by atoms with Crippen molar-refractivity contribution in [1.29, 1.82) is 0 Å². The number of hydrogen-bond donors (Lipinski definition) is 0. The lowest BCUT2D eigenvalue weighted by atomic mass is 10.2. The van der Waals surface area contributed by atoms with Crippen LogP contribution in [0.3, 0.4) is 0 Å². The topological polar surface area (TPSA) is 21.1 Å². The van der Waals surface area contributed by atoms with Crippen LogP contribution in [0.15, 0.2) is 12.5 Å². The molecule has 0 aliphatic carbocycles. The van der Waals surface area contributed by atoms with Crippen molar-refractivity contribution < 1.29 is 0 Å². The van der Waals surface area contributed by atoms with Crippen molar-refractivity contribution in [2.45, 2.75) is 37.7 Å². The quantitative estimate of drug-likeness (QED) is 0.788. The summed E-state index contributed by atoms with van der Waals surface area (Å²) in [6.07, 6.45) is 5.37. The molecule has 0 bridgehead atoms. The molecule has 2 heterocycles. The summed E-state index contributed by atoms with van der Waals surface area (Å²) < 4.78 is 2.26. The molecule has 1 aromatic heterocycles. The Kier molecular flexibility index (Phi) is 3.46. The van der Waals surface area contributed by atoms with E-state index in [9.17, 15) is 0 Å². The number of likely N-dealkylation sites (tertiary alicyclic amines) is 1. The van der Waals surface area contributed by atoms with Crippen LogP contribution in [0.5, 0.6) is 0 Å². The summed E-state index contributed by atoms with van der Waals surface area (Å²) >= 11 is 3.43. The summed E-state index contributed by atoms with van der Waals surface area (Å²) in [5.41, 5.74) is 1.12. The third-order valence-corrected chi connectivity index (χ3v) is 3.71. The van der Waals surface area contributed by atoms with E-state index in [4.69, 9.17) is 0 Å². The van der Waals surface area contributed by atoms with E-state index in [1.165, 1.54) is 13.0 Å². The molecular weight excluding hydrogens is 254 g/mol. The lowest BCUT2D eigenvalue weighted by Gasteiger charge is -2.20. The van der Waals surface area contributed by atoms with Crippen LogP contribution in [0.2, 0.25) is 0 Å². The minimum absolute atomic E-state index is 0.618. The Hall–Kier alpha value is -0.350. The zero-order chi connectivity index (χ0) is 10.8. The fraction of sp³-hybridized carbons (Fsp3) is 0.727. The molecule has 3 nitrogen and oxygen atoms in total. The van der Waals surface area contributed by atoms with Crippen LogP contribution in [0.25, 0.3) is 0 Å². The highest BCUT2D eigenvalue weighted by Crippen LogP contribution is 2.23. The van der Waals surface area contributed by atoms with Crippen molar-refractivity contribution >= 4 is 15.9 Å². The number of hydrogen-bond acceptors (Lipinski definition) is 2. The number of aromatic nitrogens is 2. The molecule has 1 saturated heterocycles. The average Bonchev–Trinajstić information content (AvgIpc) is 2.86. The van der Waals surface area contributed by atoms with Crippen molar-refractivity contribution in [2.24, 2.45) is 0 Å². The molecule has 15 heavy (non-hydrogen) atoms. The fourth-order valence-corrected chi connectivity index (χ4v) is 2.42. The van der Waals surface area contributed by atoms with Gasteiger partial charge >= 0.3 is 0 Å². The van der Waals surface area contributed by atoms with Crippen LogP contribution in [0.4, 0.5) is 0 Å². The first-order valence-electron chi connectivity index (χ1n) is 5.53. The zero-order valence-corrected chi connectivity index (χ0v) is 10.9. The second-order valence-electron chi connectivity index (χ2n) is 4.48. The largest absolute Gasteiger partial charge is 0.333 e. The first kappa shape index (κ1) is 11.1. The van der Waals surface area contributed by atoms with Crippen molar-refractivity contribution in [2.75, 3.05) is 13.1 Å². The minimum atomic E-state index is 0.618. The molecular formula is C11H18BrN3. The van der Waals surface area contributed by atoms with Gasteiger partial charge in [-0.3, -0.25) is 4.90 Å². The molecule has 1 aliphatic heterocycles. The van der Waals surface area contributed by atoms with Gasteiger partial charge in [-0.05, 0) is 20.3 Å². The highest BCUT2D eigenvalue weighted by atomic mass is 79.9. The Labute approximate surface area is 99.6 Å². The molecule has 1 aliphatic rings. The van der Waals surface area contributed by atoms with Crippen LogP contribution in [-0.2, 0) is 5.33 Å². The summed E-state index contributed by atoms with van der Waals surface area (Å²) in [5, 5.41) is 0.848. The number of imidazole rings is 1. The van der Waals surface area contributed by atoms with Gasteiger partial charge in [-0.15, -0.1) is 0 Å². The molecule has 1 atom stereocenters. The van der Waals surface area contributed by atoms with Gasteiger partial charge in [-0.1, -0.05) is 15.9 Å². The normalized spacial score (nSPS) is 22.8. The lowest BCUT2D eigenvalue weighted by Crippen LogP contribution is -2.28. The Morgan fingerprint density at radius 2 is 2.40 bits per heavy atom. The van der Waals surface area contributed by atoms with Gasteiger partial charge in [-0.2, -0.15) is 0 Å². The van der Waals surface area contributed by atoms with Crippen molar-refractivity contribution in [3.05, 3.63) is 18.2 Å². The van der Waals surface area contributed by atoms with E-state index in [2.05, 4.69) is 50.4 Å². The highest BCUT2D eigenvalue weighted by molar-refractivity contribution is 9.08. The Bertz CT molecular complexity index is 321. The molecule has 4 heteroatoms. The van der Waals surface area contributed by atoms with E-state index in [0.29, 0.717) is 12.1 Å². The van der Waals surface area contributed by atoms with E-state index in [1.807, 2.05) is 6.33 Å². The molecule has 0 aromatic carbocycles. The van der Waals surface area contributed by atoms with Gasteiger partial charge in [0.25, 0.3) is 0 Å². The molecule has 0 amide bonds. The first-order chi connectivity index (χ1) is 7.20. The van der Waals surface area contributed by atoms with Crippen LogP contribution >= 0.6 is 15.9 Å². The maximum absolute atomic E-state index is 4.35. The van der Waals surface area contributed by atoms with Crippen LogP contribution in [0, 0.1) is 0 Å². The molecule has 0 spiro atoms. The van der Waals surface area contributed by atoms with E-state index in [0.717, 1.165) is 17.6 Å². The maximum Gasteiger partial charge on any atom is 0.0952 e. The third kappa shape index (κ3) is 2.42. The number of halogens is 1.